The molecule has 0 aliphatic rings. The van der Waals surface area contributed by atoms with E-state index in [2.05, 4.69) is 15.3 Å². The SMILES string of the molecule is CC(C)(CC(=O)O)Nc1ncccn1. The minimum atomic E-state index is -0.849. The highest BCUT2D eigenvalue weighted by atomic mass is 16.4. The van der Waals surface area contributed by atoms with Gasteiger partial charge in [0.15, 0.2) is 0 Å². The first-order valence-corrected chi connectivity index (χ1v) is 4.27. The van der Waals surface area contributed by atoms with Crippen LogP contribution in [0, 0.1) is 0 Å². The Balaban J connectivity index is 2.63. The van der Waals surface area contributed by atoms with Crippen LogP contribution >= 0.6 is 0 Å². The van der Waals surface area contributed by atoms with E-state index in [1.165, 1.54) is 0 Å². The summed E-state index contributed by atoms with van der Waals surface area (Å²) in [6.07, 6.45) is 3.23. The molecule has 0 saturated heterocycles. The molecule has 0 bridgehead atoms. The third-order valence-corrected chi connectivity index (χ3v) is 1.61. The van der Waals surface area contributed by atoms with E-state index in [4.69, 9.17) is 5.11 Å². The van der Waals surface area contributed by atoms with Gasteiger partial charge in [-0.2, -0.15) is 0 Å². The highest BCUT2D eigenvalue weighted by molar-refractivity contribution is 5.68. The Morgan fingerprint density at radius 1 is 1.50 bits per heavy atom. The molecule has 0 atom stereocenters. The molecule has 0 radical (unpaired) electrons. The van der Waals surface area contributed by atoms with Crippen molar-refractivity contribution >= 4 is 11.9 Å². The summed E-state index contributed by atoms with van der Waals surface area (Å²) in [5.41, 5.74) is -0.548. The van der Waals surface area contributed by atoms with Crippen molar-refractivity contribution in [2.45, 2.75) is 25.8 Å². The summed E-state index contributed by atoms with van der Waals surface area (Å²) in [5.74, 6) is -0.405. The lowest BCUT2D eigenvalue weighted by molar-refractivity contribution is -0.137. The number of carboxylic acids is 1. The van der Waals surface area contributed by atoms with Crippen LogP contribution in [0.25, 0.3) is 0 Å². The lowest BCUT2D eigenvalue weighted by atomic mass is 10.0. The van der Waals surface area contributed by atoms with Crippen LogP contribution in [0.4, 0.5) is 5.95 Å². The normalized spacial score (nSPS) is 11.0. The van der Waals surface area contributed by atoms with E-state index in [-0.39, 0.29) is 6.42 Å². The number of nitrogens with one attached hydrogen (secondary N) is 1. The second-order valence-electron chi connectivity index (χ2n) is 3.65. The number of carboxylic acid groups (broad SMARTS) is 1. The summed E-state index contributed by atoms with van der Waals surface area (Å²) in [4.78, 5) is 18.4. The minimum absolute atomic E-state index is 0.0191. The zero-order chi connectivity index (χ0) is 10.6. The largest absolute Gasteiger partial charge is 0.481 e. The van der Waals surface area contributed by atoms with Crippen molar-refractivity contribution in [1.29, 1.82) is 0 Å². The second kappa shape index (κ2) is 4.04. The van der Waals surface area contributed by atoms with Crippen molar-refractivity contribution in [1.82, 2.24) is 9.97 Å². The summed E-state index contributed by atoms with van der Waals surface area (Å²) in [6, 6.07) is 1.70. The number of hydrogen-bond acceptors (Lipinski definition) is 4. The third kappa shape index (κ3) is 3.38. The van der Waals surface area contributed by atoms with Crippen LogP contribution in [-0.2, 0) is 4.79 Å². The van der Waals surface area contributed by atoms with Crippen LogP contribution < -0.4 is 5.32 Å². The first-order valence-electron chi connectivity index (χ1n) is 4.27. The summed E-state index contributed by atoms with van der Waals surface area (Å²) in [7, 11) is 0. The highest BCUT2D eigenvalue weighted by Crippen LogP contribution is 2.13. The molecule has 0 aliphatic carbocycles. The average molecular weight is 195 g/mol. The Hall–Kier alpha value is -1.65. The molecule has 0 aliphatic heterocycles. The van der Waals surface area contributed by atoms with Crippen molar-refractivity contribution in [2.24, 2.45) is 0 Å². The first-order chi connectivity index (χ1) is 6.49. The zero-order valence-corrected chi connectivity index (χ0v) is 8.19. The van der Waals surface area contributed by atoms with Crippen LogP contribution in [-0.4, -0.2) is 26.6 Å². The van der Waals surface area contributed by atoms with Gasteiger partial charge in [-0.1, -0.05) is 0 Å². The smallest absolute Gasteiger partial charge is 0.305 e. The lowest BCUT2D eigenvalue weighted by Crippen LogP contribution is -2.34. The zero-order valence-electron chi connectivity index (χ0n) is 8.19. The predicted molar refractivity (Wildman–Crippen MR) is 52.0 cm³/mol. The predicted octanol–water partition coefficient (Wildman–Crippen LogP) is 1.14. The maximum atomic E-state index is 10.5. The van der Waals surface area contributed by atoms with E-state index >= 15 is 0 Å². The van der Waals surface area contributed by atoms with Gasteiger partial charge in [0.05, 0.1) is 6.42 Å². The molecule has 0 spiro atoms. The Morgan fingerprint density at radius 2 is 2.07 bits per heavy atom. The fourth-order valence-corrected chi connectivity index (χ4v) is 1.09. The molecule has 2 N–H and O–H groups in total. The Morgan fingerprint density at radius 3 is 2.57 bits per heavy atom. The van der Waals surface area contributed by atoms with E-state index in [0.29, 0.717) is 5.95 Å². The van der Waals surface area contributed by atoms with Gasteiger partial charge in [-0.05, 0) is 19.9 Å². The van der Waals surface area contributed by atoms with Gasteiger partial charge < -0.3 is 10.4 Å². The number of nitrogens with zero attached hydrogens (tertiary/aromatic N) is 2. The van der Waals surface area contributed by atoms with Crippen LogP contribution in [0.3, 0.4) is 0 Å². The summed E-state index contributed by atoms with van der Waals surface area (Å²) in [6.45, 7) is 3.58. The van der Waals surface area contributed by atoms with Gasteiger partial charge in [0.25, 0.3) is 0 Å². The van der Waals surface area contributed by atoms with E-state index in [1.54, 1.807) is 32.3 Å². The quantitative estimate of drug-likeness (QED) is 0.753. The summed E-state index contributed by atoms with van der Waals surface area (Å²) in [5, 5.41) is 11.6. The van der Waals surface area contributed by atoms with Gasteiger partial charge in [-0.25, -0.2) is 9.97 Å². The van der Waals surface area contributed by atoms with Crippen LogP contribution in [0.15, 0.2) is 18.5 Å². The van der Waals surface area contributed by atoms with E-state index in [9.17, 15) is 4.79 Å². The van der Waals surface area contributed by atoms with Gasteiger partial charge in [-0.15, -0.1) is 0 Å². The Labute approximate surface area is 82.2 Å². The molecule has 1 aromatic rings. The third-order valence-electron chi connectivity index (χ3n) is 1.61. The molecule has 0 fully saturated rings. The number of anilines is 1. The maximum Gasteiger partial charge on any atom is 0.305 e. The molecule has 0 unspecified atom stereocenters. The van der Waals surface area contributed by atoms with Crippen molar-refractivity contribution in [3.63, 3.8) is 0 Å². The Kier molecular flexibility index (Phi) is 3.01. The van der Waals surface area contributed by atoms with Crippen molar-refractivity contribution < 1.29 is 9.90 Å². The molecular weight excluding hydrogens is 182 g/mol. The van der Waals surface area contributed by atoms with Crippen molar-refractivity contribution in [3.8, 4) is 0 Å². The molecule has 0 amide bonds. The molecule has 14 heavy (non-hydrogen) atoms. The number of rotatable bonds is 4. The molecule has 1 heterocycles. The Bertz CT molecular complexity index is 311. The highest BCUT2D eigenvalue weighted by Gasteiger charge is 2.21. The second-order valence-corrected chi connectivity index (χ2v) is 3.65. The number of aromatic nitrogens is 2. The molecule has 1 aromatic heterocycles. The van der Waals surface area contributed by atoms with Crippen LogP contribution in [0.1, 0.15) is 20.3 Å². The van der Waals surface area contributed by atoms with Crippen molar-refractivity contribution in [2.75, 3.05) is 5.32 Å². The standard InChI is InChI=1S/C9H13N3O2/c1-9(2,6-7(13)14)12-8-10-4-3-5-11-8/h3-5H,6H2,1-2H3,(H,13,14)(H,10,11,12). The monoisotopic (exact) mass is 195 g/mol. The molecule has 5 heteroatoms. The average Bonchev–Trinajstić information content (AvgIpc) is 2.02. The van der Waals surface area contributed by atoms with E-state index in [1.807, 2.05) is 0 Å². The number of aliphatic carboxylic acids is 1. The van der Waals surface area contributed by atoms with Gasteiger partial charge in [0.1, 0.15) is 0 Å². The molecular formula is C9H13N3O2. The van der Waals surface area contributed by atoms with Gasteiger partial charge in [0, 0.05) is 17.9 Å². The van der Waals surface area contributed by atoms with Crippen LogP contribution in [0.5, 0.6) is 0 Å². The molecule has 0 aromatic carbocycles. The molecule has 76 valence electrons. The van der Waals surface area contributed by atoms with Crippen LogP contribution in [0.2, 0.25) is 0 Å². The summed E-state index contributed by atoms with van der Waals surface area (Å²) >= 11 is 0. The molecule has 1 rings (SSSR count). The number of carbonyl (C=O) groups is 1. The van der Waals surface area contributed by atoms with Gasteiger partial charge in [-0.3, -0.25) is 4.79 Å². The van der Waals surface area contributed by atoms with Crippen molar-refractivity contribution in [3.05, 3.63) is 18.5 Å². The summed E-state index contributed by atoms with van der Waals surface area (Å²) < 4.78 is 0. The topological polar surface area (TPSA) is 75.1 Å². The fraction of sp³-hybridized carbons (Fsp3) is 0.444. The molecule has 5 nitrogen and oxygen atoms in total. The van der Waals surface area contributed by atoms with Gasteiger partial charge in [0.2, 0.25) is 5.95 Å². The fourth-order valence-electron chi connectivity index (χ4n) is 1.09. The molecule has 0 saturated carbocycles. The lowest BCUT2D eigenvalue weighted by Gasteiger charge is -2.23. The minimum Gasteiger partial charge on any atom is -0.481 e. The first kappa shape index (κ1) is 10.4. The van der Waals surface area contributed by atoms with Gasteiger partial charge >= 0.3 is 5.97 Å². The maximum absolute atomic E-state index is 10.5. The van der Waals surface area contributed by atoms with E-state index in [0.717, 1.165) is 0 Å². The van der Waals surface area contributed by atoms with E-state index < -0.39 is 11.5 Å². The number of hydrogen-bond donors (Lipinski definition) is 2.